The molecule has 88 valence electrons. The maximum atomic E-state index is 10.6. The zero-order valence-electron chi connectivity index (χ0n) is 7.75. The quantitative estimate of drug-likeness (QED) is 0.536. The molecule has 8 heteroatoms. The van der Waals surface area contributed by atoms with Crippen LogP contribution in [0.4, 0.5) is 13.2 Å². The highest BCUT2D eigenvalue weighted by molar-refractivity contribution is 5.75. The summed E-state index contributed by atoms with van der Waals surface area (Å²) >= 11 is 0. The highest BCUT2D eigenvalue weighted by Gasteiger charge is 2.38. The van der Waals surface area contributed by atoms with Crippen LogP contribution in [0.25, 0.3) is 0 Å². The molecule has 0 heterocycles. The zero-order chi connectivity index (χ0) is 12.6. The van der Waals surface area contributed by atoms with Crippen molar-refractivity contribution in [2.24, 2.45) is 5.73 Å². The molecule has 5 nitrogen and oxygen atoms in total. The Hall–Kier alpha value is -1.57. The fraction of sp³-hybridized carbons (Fsp3) is 0.429. The largest absolute Gasteiger partial charge is 0.490 e. The van der Waals surface area contributed by atoms with Gasteiger partial charge < -0.3 is 15.6 Å². The Morgan fingerprint density at radius 1 is 1.53 bits per heavy atom. The molecule has 0 spiro atoms. The minimum absolute atomic E-state index is 0.458. The highest BCUT2D eigenvalue weighted by Crippen LogP contribution is 2.13. The third-order valence-corrected chi connectivity index (χ3v) is 0.814. The van der Waals surface area contributed by atoms with Crippen molar-refractivity contribution < 1.29 is 32.6 Å². The number of alkyl halides is 3. The van der Waals surface area contributed by atoms with Crippen LogP contribution >= 0.6 is 0 Å². The Kier molecular flexibility index (Phi) is 7.22. The molecule has 0 aliphatic rings. The minimum atomic E-state index is -5.08. The number of carboxylic acid groups (broad SMARTS) is 1. The lowest BCUT2D eigenvalue weighted by Gasteiger charge is -1.99. The van der Waals surface area contributed by atoms with Crippen LogP contribution in [0.3, 0.4) is 0 Å². The molecule has 0 saturated carbocycles. The van der Waals surface area contributed by atoms with Crippen molar-refractivity contribution in [3.63, 3.8) is 0 Å². The van der Waals surface area contributed by atoms with Crippen LogP contribution in [-0.2, 0) is 14.3 Å². The molecule has 0 amide bonds. The van der Waals surface area contributed by atoms with Gasteiger partial charge in [-0.1, -0.05) is 6.58 Å². The van der Waals surface area contributed by atoms with Gasteiger partial charge in [0.2, 0.25) is 0 Å². The van der Waals surface area contributed by atoms with Crippen molar-refractivity contribution in [2.45, 2.75) is 19.1 Å². The summed E-state index contributed by atoms with van der Waals surface area (Å²) in [5, 5.41) is 7.12. The summed E-state index contributed by atoms with van der Waals surface area (Å²) in [5.74, 6) is -3.22. The molecular formula is C7H10F3NO4. The predicted molar refractivity (Wildman–Crippen MR) is 43.6 cm³/mol. The molecule has 0 saturated heterocycles. The van der Waals surface area contributed by atoms with Crippen LogP contribution in [0.2, 0.25) is 0 Å². The Labute approximate surface area is 83.3 Å². The van der Waals surface area contributed by atoms with E-state index in [0.717, 1.165) is 6.26 Å². The first-order valence-corrected chi connectivity index (χ1v) is 3.50. The summed E-state index contributed by atoms with van der Waals surface area (Å²) in [6.45, 7) is 4.73. The number of rotatable bonds is 2. The van der Waals surface area contributed by atoms with Crippen molar-refractivity contribution in [3.05, 3.63) is 12.8 Å². The number of carboxylic acids is 1. The highest BCUT2D eigenvalue weighted by atomic mass is 19.4. The molecule has 1 atom stereocenters. The molecule has 0 aliphatic heterocycles. The van der Waals surface area contributed by atoms with Gasteiger partial charge in [-0.25, -0.2) is 9.59 Å². The topological polar surface area (TPSA) is 89.6 Å². The normalized spacial score (nSPS) is 11.8. The van der Waals surface area contributed by atoms with E-state index in [0.29, 0.717) is 0 Å². The lowest BCUT2D eigenvalue weighted by Crippen LogP contribution is -2.27. The molecule has 0 radical (unpaired) electrons. The van der Waals surface area contributed by atoms with Crippen LogP contribution in [-0.4, -0.2) is 29.3 Å². The van der Waals surface area contributed by atoms with E-state index in [9.17, 15) is 18.0 Å². The minimum Gasteiger partial charge on any atom is -0.475 e. The Bertz CT molecular complexity index is 237. The molecule has 0 rings (SSSR count). The van der Waals surface area contributed by atoms with Gasteiger partial charge in [0, 0.05) is 0 Å². The van der Waals surface area contributed by atoms with Gasteiger partial charge in [0.1, 0.15) is 6.04 Å². The van der Waals surface area contributed by atoms with Crippen molar-refractivity contribution in [1.29, 1.82) is 0 Å². The van der Waals surface area contributed by atoms with Gasteiger partial charge in [0.25, 0.3) is 0 Å². The van der Waals surface area contributed by atoms with E-state index in [1.165, 1.54) is 0 Å². The number of hydrogen-bond acceptors (Lipinski definition) is 4. The van der Waals surface area contributed by atoms with Crippen LogP contribution in [0.1, 0.15) is 6.92 Å². The van der Waals surface area contributed by atoms with Crippen molar-refractivity contribution in [1.82, 2.24) is 0 Å². The first-order valence-electron chi connectivity index (χ1n) is 3.50. The average molecular weight is 229 g/mol. The van der Waals surface area contributed by atoms with Gasteiger partial charge in [-0.2, -0.15) is 13.2 Å². The Morgan fingerprint density at radius 2 is 1.87 bits per heavy atom. The van der Waals surface area contributed by atoms with Gasteiger partial charge in [-0.05, 0) is 6.92 Å². The Balaban J connectivity index is 0. The molecule has 0 aromatic rings. The van der Waals surface area contributed by atoms with Crippen LogP contribution in [0, 0.1) is 0 Å². The second kappa shape index (κ2) is 6.82. The number of carbonyl (C=O) groups is 2. The van der Waals surface area contributed by atoms with E-state index in [2.05, 4.69) is 11.3 Å². The first kappa shape index (κ1) is 15.9. The van der Waals surface area contributed by atoms with Crippen molar-refractivity contribution in [2.75, 3.05) is 0 Å². The second-order valence-corrected chi connectivity index (χ2v) is 2.20. The molecule has 0 aromatic carbocycles. The third-order valence-electron chi connectivity index (χ3n) is 0.814. The fourth-order valence-electron chi connectivity index (χ4n) is 0.189. The molecule has 0 bridgehead atoms. The predicted octanol–water partition coefficient (Wildman–Crippen LogP) is 0.654. The lowest BCUT2D eigenvalue weighted by molar-refractivity contribution is -0.192. The molecule has 0 fully saturated rings. The smallest absolute Gasteiger partial charge is 0.475 e. The maximum Gasteiger partial charge on any atom is 0.490 e. The summed E-state index contributed by atoms with van der Waals surface area (Å²) in [5.41, 5.74) is 5.10. The van der Waals surface area contributed by atoms with Crippen LogP contribution < -0.4 is 5.73 Å². The van der Waals surface area contributed by atoms with E-state index in [-0.39, 0.29) is 0 Å². The third kappa shape index (κ3) is 10.4. The van der Waals surface area contributed by atoms with Gasteiger partial charge in [0.05, 0.1) is 6.26 Å². The van der Waals surface area contributed by atoms with E-state index < -0.39 is 24.2 Å². The number of carbonyl (C=O) groups excluding carboxylic acids is 1. The SMILES string of the molecule is C=COC(=O)[C@H](C)N.O=C(O)C(F)(F)F. The Morgan fingerprint density at radius 3 is 1.93 bits per heavy atom. The number of aliphatic carboxylic acids is 1. The van der Waals surface area contributed by atoms with E-state index in [4.69, 9.17) is 15.6 Å². The van der Waals surface area contributed by atoms with Crippen molar-refractivity contribution >= 4 is 11.9 Å². The monoisotopic (exact) mass is 229 g/mol. The average Bonchev–Trinajstić information content (AvgIpc) is 2.03. The van der Waals surface area contributed by atoms with Crippen molar-refractivity contribution in [3.8, 4) is 0 Å². The second-order valence-electron chi connectivity index (χ2n) is 2.20. The maximum absolute atomic E-state index is 10.6. The summed E-state index contributed by atoms with van der Waals surface area (Å²) in [6, 6.07) is -0.562. The summed E-state index contributed by atoms with van der Waals surface area (Å²) in [6.07, 6.45) is -4.02. The number of ether oxygens (including phenoxy) is 1. The molecular weight excluding hydrogens is 219 g/mol. The lowest BCUT2D eigenvalue weighted by atomic mass is 10.4. The van der Waals surface area contributed by atoms with Gasteiger partial charge in [-0.15, -0.1) is 0 Å². The number of nitrogens with two attached hydrogens (primary N) is 1. The molecule has 0 aromatic heterocycles. The molecule has 15 heavy (non-hydrogen) atoms. The number of hydrogen-bond donors (Lipinski definition) is 2. The summed E-state index contributed by atoms with van der Waals surface area (Å²) in [4.78, 5) is 19.2. The molecule has 0 unspecified atom stereocenters. The van der Waals surface area contributed by atoms with Gasteiger partial charge >= 0.3 is 18.1 Å². The standard InChI is InChI=1S/C5H9NO2.C2HF3O2/c1-3-8-5(7)4(2)6;3-2(4,5)1(6)7/h3-4H,1,6H2,2H3;(H,6,7)/t4-;/m0./s1. The van der Waals surface area contributed by atoms with E-state index >= 15 is 0 Å². The summed E-state index contributed by atoms with van der Waals surface area (Å²) in [7, 11) is 0. The number of esters is 1. The van der Waals surface area contributed by atoms with E-state index in [1.54, 1.807) is 6.92 Å². The zero-order valence-corrected chi connectivity index (χ0v) is 7.75. The number of halogens is 3. The molecule has 3 N–H and O–H groups in total. The fourth-order valence-corrected chi connectivity index (χ4v) is 0.189. The molecule has 0 aliphatic carbocycles. The first-order chi connectivity index (χ1) is 6.62. The van der Waals surface area contributed by atoms with Gasteiger partial charge in [-0.3, -0.25) is 0 Å². The van der Waals surface area contributed by atoms with Gasteiger partial charge in [0.15, 0.2) is 0 Å². The van der Waals surface area contributed by atoms with Crippen LogP contribution in [0.5, 0.6) is 0 Å². The van der Waals surface area contributed by atoms with Crippen LogP contribution in [0.15, 0.2) is 12.8 Å². The summed E-state index contributed by atoms with van der Waals surface area (Å²) < 4.78 is 36.0. The van der Waals surface area contributed by atoms with E-state index in [1.807, 2.05) is 0 Å².